The molecule has 1 heterocycles. The van der Waals surface area contributed by atoms with Gasteiger partial charge < -0.3 is 10.3 Å². The van der Waals surface area contributed by atoms with Gasteiger partial charge in [0.15, 0.2) is 0 Å². The van der Waals surface area contributed by atoms with Crippen molar-refractivity contribution < 1.29 is 12.9 Å². The topological polar surface area (TPSA) is 89.4 Å². The average Bonchev–Trinajstić information content (AvgIpc) is 2.74. The molecule has 0 spiro atoms. The summed E-state index contributed by atoms with van der Waals surface area (Å²) in [4.78, 5) is 0. The van der Waals surface area contributed by atoms with E-state index in [-0.39, 0.29) is 12.3 Å². The van der Waals surface area contributed by atoms with E-state index >= 15 is 0 Å². The van der Waals surface area contributed by atoms with Crippen LogP contribution in [0, 0.1) is 6.92 Å². The van der Waals surface area contributed by atoms with Gasteiger partial charge in [-0.2, -0.15) is 4.31 Å². The van der Waals surface area contributed by atoms with Gasteiger partial charge in [0.25, 0.3) is 0 Å². The van der Waals surface area contributed by atoms with Crippen molar-refractivity contribution in [2.24, 2.45) is 0 Å². The Hall–Kier alpha value is -1.86. The zero-order valence-corrected chi connectivity index (χ0v) is 12.2. The van der Waals surface area contributed by atoms with E-state index in [4.69, 9.17) is 10.3 Å². The van der Waals surface area contributed by atoms with Gasteiger partial charge in [-0.15, -0.1) is 0 Å². The number of aryl methyl sites for hydroxylation is 1. The summed E-state index contributed by atoms with van der Waals surface area (Å²) in [6.07, 6.45) is 0. The molecule has 108 valence electrons. The molecular formula is C13H17N3O3S. The van der Waals surface area contributed by atoms with Gasteiger partial charge in [-0.3, -0.25) is 0 Å². The molecule has 2 rings (SSSR count). The molecule has 7 heteroatoms. The molecule has 0 atom stereocenters. The standard InChI is InChI=1S/C13H17N3O3S/c1-10-6-13(15-19-10)8-16(2)20(17,18)9-11-4-3-5-12(14)7-11/h3-7H,8-9,14H2,1-2H3. The first-order valence-electron chi connectivity index (χ1n) is 6.07. The lowest BCUT2D eigenvalue weighted by molar-refractivity contribution is 0.378. The van der Waals surface area contributed by atoms with E-state index in [9.17, 15) is 8.42 Å². The summed E-state index contributed by atoms with van der Waals surface area (Å²) < 4.78 is 30.7. The summed E-state index contributed by atoms with van der Waals surface area (Å²) in [6, 6.07) is 8.57. The molecule has 0 fully saturated rings. The Morgan fingerprint density at radius 1 is 1.35 bits per heavy atom. The monoisotopic (exact) mass is 295 g/mol. The highest BCUT2D eigenvalue weighted by Gasteiger charge is 2.20. The smallest absolute Gasteiger partial charge is 0.218 e. The Morgan fingerprint density at radius 3 is 2.70 bits per heavy atom. The molecule has 0 radical (unpaired) electrons. The molecular weight excluding hydrogens is 278 g/mol. The SMILES string of the molecule is Cc1cc(CN(C)S(=O)(=O)Cc2cccc(N)c2)no1. The number of nitrogen functional groups attached to an aromatic ring is 1. The van der Waals surface area contributed by atoms with E-state index in [0.717, 1.165) is 0 Å². The molecule has 0 unspecified atom stereocenters. The number of rotatable bonds is 5. The van der Waals surface area contributed by atoms with Gasteiger partial charge in [-0.1, -0.05) is 17.3 Å². The Labute approximate surface area is 118 Å². The van der Waals surface area contributed by atoms with E-state index in [2.05, 4.69) is 5.16 Å². The Morgan fingerprint density at radius 2 is 2.10 bits per heavy atom. The summed E-state index contributed by atoms with van der Waals surface area (Å²) in [5.41, 5.74) is 7.44. The fourth-order valence-electron chi connectivity index (χ4n) is 1.82. The maximum atomic E-state index is 12.2. The van der Waals surface area contributed by atoms with Crippen LogP contribution in [-0.2, 0) is 22.3 Å². The van der Waals surface area contributed by atoms with Crippen molar-refractivity contribution in [2.45, 2.75) is 19.2 Å². The van der Waals surface area contributed by atoms with Gasteiger partial charge >= 0.3 is 0 Å². The van der Waals surface area contributed by atoms with Crippen molar-refractivity contribution in [1.29, 1.82) is 0 Å². The second kappa shape index (κ2) is 5.64. The van der Waals surface area contributed by atoms with Crippen LogP contribution in [0.4, 0.5) is 5.69 Å². The van der Waals surface area contributed by atoms with E-state index in [1.54, 1.807) is 37.3 Å². The third-order valence-electron chi connectivity index (χ3n) is 2.84. The minimum atomic E-state index is -3.42. The second-order valence-electron chi connectivity index (χ2n) is 4.69. The van der Waals surface area contributed by atoms with E-state index in [0.29, 0.717) is 22.7 Å². The second-order valence-corrected chi connectivity index (χ2v) is 6.76. The first-order valence-corrected chi connectivity index (χ1v) is 7.68. The molecule has 1 aromatic heterocycles. The van der Waals surface area contributed by atoms with Crippen LogP contribution in [0.5, 0.6) is 0 Å². The maximum Gasteiger partial charge on any atom is 0.218 e. The van der Waals surface area contributed by atoms with Gasteiger partial charge in [-0.25, -0.2) is 8.42 Å². The molecule has 2 N–H and O–H groups in total. The van der Waals surface area contributed by atoms with Gasteiger partial charge in [-0.05, 0) is 24.6 Å². The molecule has 0 aliphatic heterocycles. The highest BCUT2D eigenvalue weighted by Crippen LogP contribution is 2.14. The average molecular weight is 295 g/mol. The lowest BCUT2D eigenvalue weighted by Crippen LogP contribution is -2.27. The molecule has 20 heavy (non-hydrogen) atoms. The van der Waals surface area contributed by atoms with Crippen LogP contribution in [0.15, 0.2) is 34.9 Å². The van der Waals surface area contributed by atoms with Gasteiger partial charge in [0.1, 0.15) is 5.76 Å². The predicted molar refractivity (Wildman–Crippen MR) is 76.2 cm³/mol. The Kier molecular flexibility index (Phi) is 4.10. The van der Waals surface area contributed by atoms with Crippen molar-refractivity contribution in [3.05, 3.63) is 47.3 Å². The molecule has 0 aliphatic rings. The number of benzene rings is 1. The number of anilines is 1. The van der Waals surface area contributed by atoms with E-state index in [1.807, 2.05) is 0 Å². The summed E-state index contributed by atoms with van der Waals surface area (Å²) >= 11 is 0. The van der Waals surface area contributed by atoms with Crippen molar-refractivity contribution in [3.8, 4) is 0 Å². The van der Waals surface area contributed by atoms with Crippen LogP contribution in [0.25, 0.3) is 0 Å². The number of nitrogens with zero attached hydrogens (tertiary/aromatic N) is 2. The molecule has 2 aromatic rings. The minimum absolute atomic E-state index is 0.0919. The van der Waals surface area contributed by atoms with Gasteiger partial charge in [0, 0.05) is 18.8 Å². The van der Waals surface area contributed by atoms with Crippen molar-refractivity contribution in [2.75, 3.05) is 12.8 Å². The zero-order chi connectivity index (χ0) is 14.8. The lowest BCUT2D eigenvalue weighted by Gasteiger charge is -2.15. The van der Waals surface area contributed by atoms with Crippen molar-refractivity contribution >= 4 is 15.7 Å². The summed E-state index contributed by atoms with van der Waals surface area (Å²) in [6.45, 7) is 1.94. The third kappa shape index (κ3) is 3.58. The normalized spacial score (nSPS) is 11.9. The first-order chi connectivity index (χ1) is 9.37. The molecule has 0 aliphatic carbocycles. The van der Waals surface area contributed by atoms with Gasteiger partial charge in [0.05, 0.1) is 18.0 Å². The summed E-state index contributed by atoms with van der Waals surface area (Å²) in [7, 11) is -1.90. The number of hydrogen-bond acceptors (Lipinski definition) is 5. The van der Waals surface area contributed by atoms with Crippen LogP contribution < -0.4 is 5.73 Å². The number of aromatic nitrogens is 1. The highest BCUT2D eigenvalue weighted by atomic mass is 32.2. The quantitative estimate of drug-likeness (QED) is 0.845. The first kappa shape index (κ1) is 14.5. The summed E-state index contributed by atoms with van der Waals surface area (Å²) in [5, 5.41) is 3.79. The van der Waals surface area contributed by atoms with Crippen molar-refractivity contribution in [3.63, 3.8) is 0 Å². The molecule has 0 saturated carbocycles. The Bertz CT molecular complexity index is 694. The van der Waals surface area contributed by atoms with Crippen LogP contribution in [-0.4, -0.2) is 24.9 Å². The fourth-order valence-corrected chi connectivity index (χ4v) is 2.97. The summed E-state index contributed by atoms with van der Waals surface area (Å²) in [5.74, 6) is 0.562. The van der Waals surface area contributed by atoms with E-state index < -0.39 is 10.0 Å². The maximum absolute atomic E-state index is 12.2. The van der Waals surface area contributed by atoms with Crippen molar-refractivity contribution in [1.82, 2.24) is 9.46 Å². The zero-order valence-electron chi connectivity index (χ0n) is 11.4. The van der Waals surface area contributed by atoms with Gasteiger partial charge in [0.2, 0.25) is 10.0 Å². The fraction of sp³-hybridized carbons (Fsp3) is 0.308. The molecule has 0 bridgehead atoms. The lowest BCUT2D eigenvalue weighted by atomic mass is 10.2. The number of nitrogens with two attached hydrogens (primary N) is 1. The largest absolute Gasteiger partial charge is 0.399 e. The number of sulfonamides is 1. The molecule has 0 amide bonds. The van der Waals surface area contributed by atoms with Crippen LogP contribution in [0.1, 0.15) is 17.0 Å². The molecule has 1 aromatic carbocycles. The third-order valence-corrected chi connectivity index (χ3v) is 4.61. The highest BCUT2D eigenvalue weighted by molar-refractivity contribution is 7.88. The number of hydrogen-bond donors (Lipinski definition) is 1. The predicted octanol–water partition coefficient (Wildman–Crippen LogP) is 1.53. The Balaban J connectivity index is 2.09. The minimum Gasteiger partial charge on any atom is -0.399 e. The van der Waals surface area contributed by atoms with Crippen LogP contribution in [0.3, 0.4) is 0 Å². The molecule has 0 saturated heterocycles. The van der Waals surface area contributed by atoms with Crippen LogP contribution in [0.2, 0.25) is 0 Å². The van der Waals surface area contributed by atoms with E-state index in [1.165, 1.54) is 11.4 Å². The molecule has 6 nitrogen and oxygen atoms in total. The van der Waals surface area contributed by atoms with Crippen LogP contribution >= 0.6 is 0 Å².